The average Bonchev–Trinajstić information content (AvgIpc) is 3.82. The summed E-state index contributed by atoms with van der Waals surface area (Å²) in [6.07, 6.45) is 3.15. The molecule has 10 heteroatoms. The maximum absolute atomic E-state index is 13.8. The van der Waals surface area contributed by atoms with Crippen molar-refractivity contribution in [3.8, 4) is 11.3 Å². The first kappa shape index (κ1) is 32.7. The number of fused-ring (bicyclic) bond motifs is 1. The van der Waals surface area contributed by atoms with Crippen LogP contribution in [-0.2, 0) is 25.6 Å². The molecule has 0 radical (unpaired) electrons. The number of likely N-dealkylation sites (N-methyl/N-ethyl adjacent to an activating group) is 1. The molecule has 3 atom stereocenters. The molecule has 3 aromatic carbocycles. The molecule has 1 N–H and O–H groups in total. The fraction of sp³-hybridized carbons (Fsp3) is 0.351. The number of rotatable bonds is 9. The summed E-state index contributed by atoms with van der Waals surface area (Å²) in [5, 5.41) is 3.78. The van der Waals surface area contributed by atoms with Gasteiger partial charge in [-0.2, -0.15) is 0 Å². The lowest BCUT2D eigenvalue weighted by molar-refractivity contribution is -0.141. The zero-order valence-corrected chi connectivity index (χ0v) is 28.5. The topological polar surface area (TPSA) is 103 Å². The number of carbonyl (C=O) groups is 4. The third kappa shape index (κ3) is 6.75. The molecule has 3 amide bonds. The van der Waals surface area contributed by atoms with Crippen LogP contribution in [0.1, 0.15) is 49.8 Å². The van der Waals surface area contributed by atoms with Gasteiger partial charge in [0.15, 0.2) is 5.78 Å². The van der Waals surface area contributed by atoms with Gasteiger partial charge < -0.3 is 19.5 Å². The summed E-state index contributed by atoms with van der Waals surface area (Å²) in [5.41, 5.74) is 3.91. The maximum Gasteiger partial charge on any atom is 0.247 e. The normalized spacial score (nSPS) is 18.6. The Kier molecular flexibility index (Phi) is 9.61. The van der Waals surface area contributed by atoms with E-state index in [4.69, 9.17) is 4.42 Å². The molecule has 3 heterocycles. The Hall–Kier alpha value is -4.28. The van der Waals surface area contributed by atoms with Crippen molar-refractivity contribution in [2.75, 3.05) is 32.5 Å². The monoisotopic (exact) mass is 698 g/mol. The SMILES string of the molecule is CC(=O)N1CCC[C@H]1C(=O)Nc1ccc(-c2oc3ccc(CC(=O)[C@@H]4CCCN4C(=O)[C@@H](c4ccccc4)N(C)C)cc3c2Br)cc1. The van der Waals surface area contributed by atoms with Crippen LogP contribution in [0.2, 0.25) is 0 Å². The molecule has 0 saturated carbocycles. The Bertz CT molecular complexity index is 1800. The van der Waals surface area contributed by atoms with Crippen molar-refractivity contribution in [1.82, 2.24) is 14.7 Å². The number of amides is 3. The van der Waals surface area contributed by atoms with E-state index < -0.39 is 18.1 Å². The van der Waals surface area contributed by atoms with Gasteiger partial charge in [0.05, 0.1) is 10.5 Å². The molecule has 2 fully saturated rings. The number of ketones is 1. The van der Waals surface area contributed by atoms with Crippen LogP contribution < -0.4 is 5.32 Å². The van der Waals surface area contributed by atoms with Crippen molar-refractivity contribution >= 4 is 56.1 Å². The van der Waals surface area contributed by atoms with Crippen LogP contribution in [0.15, 0.2) is 81.7 Å². The van der Waals surface area contributed by atoms with E-state index in [1.54, 1.807) is 9.80 Å². The number of hydrogen-bond donors (Lipinski definition) is 1. The highest BCUT2D eigenvalue weighted by Crippen LogP contribution is 2.39. The van der Waals surface area contributed by atoms with E-state index in [1.807, 2.05) is 91.8 Å². The molecule has 0 spiro atoms. The van der Waals surface area contributed by atoms with Crippen LogP contribution in [0.25, 0.3) is 22.3 Å². The van der Waals surface area contributed by atoms with Crippen molar-refractivity contribution < 1.29 is 23.6 Å². The first-order valence-corrected chi connectivity index (χ1v) is 16.9. The lowest BCUT2D eigenvalue weighted by Gasteiger charge is -2.31. The van der Waals surface area contributed by atoms with E-state index in [0.29, 0.717) is 43.0 Å². The zero-order valence-electron chi connectivity index (χ0n) is 26.9. The number of likely N-dealkylation sites (tertiary alicyclic amines) is 2. The number of Topliss-reactive ketones (excluding diaryl/α,β-unsaturated/α-hetero) is 1. The lowest BCUT2D eigenvalue weighted by atomic mass is 9.99. The Morgan fingerprint density at radius 1 is 0.915 bits per heavy atom. The minimum Gasteiger partial charge on any atom is -0.455 e. The van der Waals surface area contributed by atoms with Gasteiger partial charge >= 0.3 is 0 Å². The van der Waals surface area contributed by atoms with Crippen molar-refractivity contribution in [2.24, 2.45) is 0 Å². The molecule has 244 valence electrons. The van der Waals surface area contributed by atoms with Gasteiger partial charge in [0.2, 0.25) is 17.7 Å². The summed E-state index contributed by atoms with van der Waals surface area (Å²) >= 11 is 3.72. The number of halogens is 1. The number of nitrogens with one attached hydrogen (secondary N) is 1. The first-order chi connectivity index (χ1) is 22.6. The molecule has 2 aliphatic heterocycles. The van der Waals surface area contributed by atoms with Crippen LogP contribution >= 0.6 is 15.9 Å². The van der Waals surface area contributed by atoms with Crippen LogP contribution in [0.4, 0.5) is 5.69 Å². The van der Waals surface area contributed by atoms with Crippen LogP contribution in [0.5, 0.6) is 0 Å². The molecule has 6 rings (SSSR count). The van der Waals surface area contributed by atoms with Crippen LogP contribution in [0, 0.1) is 0 Å². The van der Waals surface area contributed by atoms with E-state index in [-0.39, 0.29) is 29.9 Å². The quantitative estimate of drug-likeness (QED) is 0.223. The molecule has 0 bridgehead atoms. The highest BCUT2D eigenvalue weighted by atomic mass is 79.9. The Labute approximate surface area is 283 Å². The minimum absolute atomic E-state index is 0.0299. The number of hydrogen-bond acceptors (Lipinski definition) is 6. The molecule has 2 aliphatic rings. The van der Waals surface area contributed by atoms with Gasteiger partial charge in [0.1, 0.15) is 23.4 Å². The van der Waals surface area contributed by atoms with Gasteiger partial charge in [-0.25, -0.2) is 0 Å². The molecule has 0 unspecified atom stereocenters. The molecule has 47 heavy (non-hydrogen) atoms. The van der Waals surface area contributed by atoms with Crippen LogP contribution in [0.3, 0.4) is 0 Å². The van der Waals surface area contributed by atoms with Gasteiger partial charge in [-0.1, -0.05) is 36.4 Å². The fourth-order valence-corrected chi connectivity index (χ4v) is 7.51. The van der Waals surface area contributed by atoms with E-state index in [2.05, 4.69) is 21.2 Å². The Morgan fingerprint density at radius 2 is 1.60 bits per heavy atom. The lowest BCUT2D eigenvalue weighted by Crippen LogP contribution is -2.46. The number of benzene rings is 3. The third-order valence-corrected chi connectivity index (χ3v) is 10.0. The number of nitrogens with zero attached hydrogens (tertiary/aromatic N) is 3. The summed E-state index contributed by atoms with van der Waals surface area (Å²) < 4.78 is 6.98. The van der Waals surface area contributed by atoms with Gasteiger partial charge in [-0.3, -0.25) is 24.1 Å². The van der Waals surface area contributed by atoms with E-state index in [1.165, 1.54) is 6.92 Å². The van der Waals surface area contributed by atoms with Gasteiger partial charge in [0, 0.05) is 43.1 Å². The van der Waals surface area contributed by atoms with Gasteiger partial charge in [-0.15, -0.1) is 0 Å². The summed E-state index contributed by atoms with van der Waals surface area (Å²) in [4.78, 5) is 57.4. The number of carbonyl (C=O) groups excluding carboxylic acids is 4. The number of anilines is 1. The molecule has 9 nitrogen and oxygen atoms in total. The largest absolute Gasteiger partial charge is 0.455 e. The Morgan fingerprint density at radius 3 is 2.28 bits per heavy atom. The van der Waals surface area contributed by atoms with Crippen LogP contribution in [-0.4, -0.2) is 77.5 Å². The molecule has 2 saturated heterocycles. The van der Waals surface area contributed by atoms with Crippen molar-refractivity contribution in [1.29, 1.82) is 0 Å². The van der Waals surface area contributed by atoms with E-state index in [9.17, 15) is 19.2 Å². The van der Waals surface area contributed by atoms with E-state index in [0.717, 1.165) is 39.4 Å². The summed E-state index contributed by atoms with van der Waals surface area (Å²) in [6, 6.07) is 21.5. The van der Waals surface area contributed by atoms with E-state index >= 15 is 0 Å². The van der Waals surface area contributed by atoms with Crippen molar-refractivity contribution in [3.63, 3.8) is 0 Å². The number of furan rings is 1. The third-order valence-electron chi connectivity index (χ3n) is 9.22. The average molecular weight is 700 g/mol. The Balaban J connectivity index is 1.15. The second-order valence-electron chi connectivity index (χ2n) is 12.6. The smallest absolute Gasteiger partial charge is 0.247 e. The first-order valence-electron chi connectivity index (χ1n) is 16.1. The summed E-state index contributed by atoms with van der Waals surface area (Å²) in [5.74, 6) is 0.353. The van der Waals surface area contributed by atoms with Crippen molar-refractivity contribution in [3.05, 3.63) is 88.4 Å². The molecular formula is C37H39BrN4O5. The predicted octanol–water partition coefficient (Wildman–Crippen LogP) is 6.22. The minimum atomic E-state index is -0.453. The maximum atomic E-state index is 13.8. The second-order valence-corrected chi connectivity index (χ2v) is 13.4. The highest BCUT2D eigenvalue weighted by molar-refractivity contribution is 9.10. The second kappa shape index (κ2) is 13.8. The van der Waals surface area contributed by atoms with Gasteiger partial charge in [-0.05, 0) is 103 Å². The van der Waals surface area contributed by atoms with Gasteiger partial charge in [0.25, 0.3) is 0 Å². The predicted molar refractivity (Wildman–Crippen MR) is 185 cm³/mol. The summed E-state index contributed by atoms with van der Waals surface area (Å²) in [7, 11) is 3.78. The highest BCUT2D eigenvalue weighted by Gasteiger charge is 2.38. The van der Waals surface area contributed by atoms with Crippen molar-refractivity contribution in [2.45, 2.75) is 57.2 Å². The molecule has 1 aromatic heterocycles. The molecule has 4 aromatic rings. The standard InChI is InChI=1S/C37H39BrN4O5/c1-23(43)41-19-8-12-30(41)36(45)39-27-16-14-26(15-17-27)35-33(38)28-21-24(13-18-32(28)47-35)22-31(44)29-11-7-20-42(29)37(46)34(40(2)3)25-9-5-4-6-10-25/h4-6,9-10,13-18,21,29-30,34H,7-8,11-12,19-20,22H2,1-3H3,(H,39,45)/t29-,30-,34+/m0/s1. The zero-order chi connectivity index (χ0) is 33.2. The summed E-state index contributed by atoms with van der Waals surface area (Å²) in [6.45, 7) is 2.67. The molecular weight excluding hydrogens is 660 g/mol. The fourth-order valence-electron chi connectivity index (χ4n) is 6.90. The molecule has 0 aliphatic carbocycles.